The number of aryl methyl sites for hydroxylation is 2. The summed E-state index contributed by atoms with van der Waals surface area (Å²) in [6.07, 6.45) is 4.71. The number of fused-ring (bicyclic) bond motifs is 2. The number of likely N-dealkylation sites (tertiary alicyclic amines) is 1. The molecular formula is C31H37N3O3. The molecule has 1 heterocycles. The minimum Gasteiger partial charge on any atom is -0.385 e. The molecule has 5 rings (SSSR count). The molecule has 0 radical (unpaired) electrons. The lowest BCUT2D eigenvalue weighted by Crippen LogP contribution is -2.49. The first-order valence-corrected chi connectivity index (χ1v) is 13.5. The van der Waals surface area contributed by atoms with E-state index in [4.69, 9.17) is 4.74 Å². The van der Waals surface area contributed by atoms with Crippen LogP contribution in [-0.2, 0) is 33.7 Å². The summed E-state index contributed by atoms with van der Waals surface area (Å²) in [6.45, 7) is 3.19. The van der Waals surface area contributed by atoms with Crippen molar-refractivity contribution >= 4 is 28.3 Å². The van der Waals surface area contributed by atoms with Gasteiger partial charge < -0.3 is 15.4 Å². The van der Waals surface area contributed by atoms with Crippen molar-refractivity contribution in [1.82, 2.24) is 10.2 Å². The number of piperidine rings is 1. The normalized spacial score (nSPS) is 19.5. The van der Waals surface area contributed by atoms with Crippen molar-refractivity contribution in [2.75, 3.05) is 38.7 Å². The summed E-state index contributed by atoms with van der Waals surface area (Å²) < 4.78 is 5.10. The van der Waals surface area contributed by atoms with E-state index in [1.165, 1.54) is 33.9 Å². The van der Waals surface area contributed by atoms with Gasteiger partial charge in [-0.1, -0.05) is 42.5 Å². The highest BCUT2D eigenvalue weighted by atomic mass is 16.5. The predicted molar refractivity (Wildman–Crippen MR) is 147 cm³/mol. The lowest BCUT2D eigenvalue weighted by Gasteiger charge is -2.36. The standard InChI is InChI=1S/C31H37N3O3/c1-37-15-5-14-32-30(35)27-17-28(31(36)33-29-13-12-24-8-4-9-26(24)18-29)21-34(20-27)19-22-10-11-23-6-2-3-7-25(23)16-22/h2-3,6-7,10-13,16,18,27-28H,4-5,8-9,14-15,17,19-21H2,1H3,(H,32,35)(H,33,36)/t27-,28+/m0/s1. The quantitative estimate of drug-likeness (QED) is 0.424. The molecule has 2 aliphatic rings. The smallest absolute Gasteiger partial charge is 0.228 e. The molecule has 194 valence electrons. The third-order valence-corrected chi connectivity index (χ3v) is 7.68. The van der Waals surface area contributed by atoms with Crippen LogP contribution in [-0.4, -0.2) is 50.1 Å². The average molecular weight is 500 g/mol. The number of nitrogens with one attached hydrogen (secondary N) is 2. The summed E-state index contributed by atoms with van der Waals surface area (Å²) in [4.78, 5) is 28.8. The highest BCUT2D eigenvalue weighted by molar-refractivity contribution is 5.93. The van der Waals surface area contributed by atoms with Gasteiger partial charge in [0.05, 0.1) is 11.8 Å². The monoisotopic (exact) mass is 499 g/mol. The molecule has 0 unspecified atom stereocenters. The fourth-order valence-corrected chi connectivity index (χ4v) is 5.76. The fraction of sp³-hybridized carbons (Fsp3) is 0.419. The molecule has 3 aromatic rings. The van der Waals surface area contributed by atoms with E-state index in [1.54, 1.807) is 7.11 Å². The van der Waals surface area contributed by atoms with Gasteiger partial charge in [0.1, 0.15) is 0 Å². The summed E-state index contributed by atoms with van der Waals surface area (Å²) >= 11 is 0. The number of carbonyl (C=O) groups excluding carboxylic acids is 2. The summed E-state index contributed by atoms with van der Waals surface area (Å²) in [7, 11) is 1.66. The van der Waals surface area contributed by atoms with E-state index in [0.29, 0.717) is 39.2 Å². The number of hydrogen-bond donors (Lipinski definition) is 2. The minimum atomic E-state index is -0.253. The van der Waals surface area contributed by atoms with E-state index < -0.39 is 0 Å². The first kappa shape index (κ1) is 25.4. The summed E-state index contributed by atoms with van der Waals surface area (Å²) in [6, 6.07) is 21.1. The van der Waals surface area contributed by atoms with Crippen LogP contribution in [0.5, 0.6) is 0 Å². The number of amides is 2. The molecule has 2 N–H and O–H groups in total. The van der Waals surface area contributed by atoms with Crippen LogP contribution < -0.4 is 10.6 Å². The zero-order valence-electron chi connectivity index (χ0n) is 21.7. The Hall–Kier alpha value is -3.22. The van der Waals surface area contributed by atoms with Crippen molar-refractivity contribution in [2.24, 2.45) is 11.8 Å². The Bertz CT molecular complexity index is 1260. The van der Waals surface area contributed by atoms with Gasteiger partial charge in [-0.2, -0.15) is 0 Å². The maximum absolute atomic E-state index is 13.4. The lowest BCUT2D eigenvalue weighted by molar-refractivity contribution is -0.130. The second kappa shape index (κ2) is 11.9. The van der Waals surface area contributed by atoms with Crippen molar-refractivity contribution in [1.29, 1.82) is 0 Å². The number of rotatable bonds is 9. The van der Waals surface area contributed by atoms with Crippen molar-refractivity contribution < 1.29 is 14.3 Å². The molecule has 1 aliphatic carbocycles. The number of carbonyl (C=O) groups is 2. The van der Waals surface area contributed by atoms with E-state index in [1.807, 2.05) is 12.1 Å². The Kier molecular flexibility index (Phi) is 8.17. The van der Waals surface area contributed by atoms with Crippen molar-refractivity contribution in [3.05, 3.63) is 77.4 Å². The average Bonchev–Trinajstić information content (AvgIpc) is 3.39. The van der Waals surface area contributed by atoms with Gasteiger partial charge in [0.15, 0.2) is 0 Å². The largest absolute Gasteiger partial charge is 0.385 e. The van der Waals surface area contributed by atoms with E-state index in [9.17, 15) is 9.59 Å². The number of ether oxygens (including phenoxy) is 1. The molecule has 2 amide bonds. The maximum Gasteiger partial charge on any atom is 0.228 e. The molecule has 0 spiro atoms. The van der Waals surface area contributed by atoms with Gasteiger partial charge in [-0.25, -0.2) is 0 Å². The van der Waals surface area contributed by atoms with Gasteiger partial charge in [-0.05, 0) is 77.8 Å². The number of methoxy groups -OCH3 is 1. The zero-order valence-corrected chi connectivity index (χ0v) is 21.7. The third-order valence-electron chi connectivity index (χ3n) is 7.68. The second-order valence-electron chi connectivity index (χ2n) is 10.5. The first-order chi connectivity index (χ1) is 18.1. The number of nitrogens with zero attached hydrogens (tertiary/aromatic N) is 1. The fourth-order valence-electron chi connectivity index (χ4n) is 5.76. The molecule has 1 saturated heterocycles. The number of benzene rings is 3. The Morgan fingerprint density at radius 2 is 1.70 bits per heavy atom. The number of hydrogen-bond acceptors (Lipinski definition) is 4. The zero-order chi connectivity index (χ0) is 25.6. The molecule has 6 heteroatoms. The molecule has 0 saturated carbocycles. The highest BCUT2D eigenvalue weighted by Crippen LogP contribution is 2.28. The molecule has 6 nitrogen and oxygen atoms in total. The Labute approximate surface area is 219 Å². The molecular weight excluding hydrogens is 462 g/mol. The van der Waals surface area contributed by atoms with Crippen LogP contribution in [0, 0.1) is 11.8 Å². The van der Waals surface area contributed by atoms with Crippen molar-refractivity contribution in [2.45, 2.75) is 38.6 Å². The molecule has 1 fully saturated rings. The van der Waals surface area contributed by atoms with Gasteiger partial charge in [0, 0.05) is 45.6 Å². The SMILES string of the molecule is COCCCNC(=O)[C@H]1C[C@@H](C(=O)Nc2ccc3c(c2)CCC3)CN(Cc2ccc3ccccc3c2)C1. The first-order valence-electron chi connectivity index (χ1n) is 13.5. The van der Waals surface area contributed by atoms with Gasteiger partial charge in [-0.15, -0.1) is 0 Å². The van der Waals surface area contributed by atoms with Gasteiger partial charge in [0.25, 0.3) is 0 Å². The number of anilines is 1. The van der Waals surface area contributed by atoms with Gasteiger partial charge >= 0.3 is 0 Å². The van der Waals surface area contributed by atoms with Crippen LogP contribution in [0.3, 0.4) is 0 Å². The minimum absolute atomic E-state index is 0.00154. The lowest BCUT2D eigenvalue weighted by atomic mass is 9.87. The summed E-state index contributed by atoms with van der Waals surface area (Å²) in [5.74, 6) is -0.460. The Morgan fingerprint density at radius 3 is 2.54 bits per heavy atom. The topological polar surface area (TPSA) is 70.7 Å². The van der Waals surface area contributed by atoms with Crippen LogP contribution >= 0.6 is 0 Å². The second-order valence-corrected chi connectivity index (χ2v) is 10.5. The van der Waals surface area contributed by atoms with Crippen LogP contribution in [0.1, 0.15) is 36.0 Å². The molecule has 37 heavy (non-hydrogen) atoms. The molecule has 0 bridgehead atoms. The van der Waals surface area contributed by atoms with Crippen molar-refractivity contribution in [3.8, 4) is 0 Å². The highest BCUT2D eigenvalue weighted by Gasteiger charge is 2.35. The van der Waals surface area contributed by atoms with E-state index in [0.717, 1.165) is 24.9 Å². The van der Waals surface area contributed by atoms with Crippen LogP contribution in [0.4, 0.5) is 5.69 Å². The molecule has 0 aromatic heterocycles. The third kappa shape index (κ3) is 6.38. The summed E-state index contributed by atoms with van der Waals surface area (Å²) in [5, 5.41) is 8.63. The van der Waals surface area contributed by atoms with E-state index >= 15 is 0 Å². The van der Waals surface area contributed by atoms with Crippen LogP contribution in [0.25, 0.3) is 10.8 Å². The Morgan fingerprint density at radius 1 is 0.919 bits per heavy atom. The predicted octanol–water partition coefficient (Wildman–Crippen LogP) is 4.56. The van der Waals surface area contributed by atoms with Gasteiger partial charge in [-0.3, -0.25) is 14.5 Å². The van der Waals surface area contributed by atoms with Crippen LogP contribution in [0.2, 0.25) is 0 Å². The molecule has 3 aromatic carbocycles. The van der Waals surface area contributed by atoms with E-state index in [-0.39, 0.29) is 23.7 Å². The van der Waals surface area contributed by atoms with Crippen molar-refractivity contribution in [3.63, 3.8) is 0 Å². The Balaban J connectivity index is 1.29. The molecule has 2 atom stereocenters. The summed E-state index contributed by atoms with van der Waals surface area (Å²) in [5.41, 5.74) is 4.78. The maximum atomic E-state index is 13.4. The van der Waals surface area contributed by atoms with Gasteiger partial charge in [0.2, 0.25) is 11.8 Å². The van der Waals surface area contributed by atoms with E-state index in [2.05, 4.69) is 64.1 Å². The molecule has 1 aliphatic heterocycles. The van der Waals surface area contributed by atoms with Crippen LogP contribution in [0.15, 0.2) is 60.7 Å².